The van der Waals surface area contributed by atoms with Crippen LogP contribution in [0.4, 0.5) is 5.82 Å². The average Bonchev–Trinajstić information content (AvgIpc) is 3.19. The van der Waals surface area contributed by atoms with Crippen LogP contribution >= 0.6 is 0 Å². The minimum atomic E-state index is -0.149. The van der Waals surface area contributed by atoms with E-state index in [1.54, 1.807) is 27.9 Å². The van der Waals surface area contributed by atoms with Crippen LogP contribution in [0.5, 0.6) is 11.5 Å². The normalized spacial score (nSPS) is 17.3. The molecular weight excluding hydrogens is 322 g/mol. The zero-order chi connectivity index (χ0) is 18.0. The number of phenolic OH excluding ortho intramolecular Hbond substituents is 1. The fraction of sp³-hybridized carbons (Fsp3) is 0.389. The molecule has 1 aliphatic rings. The number of nitrogens with zero attached hydrogens (tertiary/aromatic N) is 3. The van der Waals surface area contributed by atoms with Crippen LogP contribution in [-0.4, -0.2) is 39.7 Å². The minimum Gasteiger partial charge on any atom is -0.507 e. The molecule has 7 heteroatoms. The van der Waals surface area contributed by atoms with E-state index in [1.165, 1.54) is 6.07 Å². The largest absolute Gasteiger partial charge is 0.507 e. The summed E-state index contributed by atoms with van der Waals surface area (Å²) in [5.41, 5.74) is 0.116. The second-order valence-corrected chi connectivity index (χ2v) is 6.30. The molecule has 1 fully saturated rings. The third-order valence-electron chi connectivity index (χ3n) is 4.30. The molecule has 3 rings (SSSR count). The van der Waals surface area contributed by atoms with Gasteiger partial charge in [0.25, 0.3) is 0 Å². The van der Waals surface area contributed by atoms with Gasteiger partial charge in [0.2, 0.25) is 5.91 Å². The molecule has 1 amide bonds. The zero-order valence-electron chi connectivity index (χ0n) is 14.3. The molecule has 0 aliphatic carbocycles. The van der Waals surface area contributed by atoms with Crippen LogP contribution in [0.2, 0.25) is 0 Å². The van der Waals surface area contributed by atoms with Crippen molar-refractivity contribution >= 4 is 18.0 Å². The van der Waals surface area contributed by atoms with Crippen molar-refractivity contribution in [3.05, 3.63) is 36.0 Å². The highest BCUT2D eigenvalue weighted by Crippen LogP contribution is 2.30. The van der Waals surface area contributed by atoms with E-state index in [9.17, 15) is 14.7 Å². The number of aldehydes is 1. The van der Waals surface area contributed by atoms with Crippen molar-refractivity contribution in [1.29, 1.82) is 0 Å². The van der Waals surface area contributed by atoms with Crippen molar-refractivity contribution in [2.24, 2.45) is 0 Å². The summed E-state index contributed by atoms with van der Waals surface area (Å²) in [7, 11) is 0. The molecule has 1 atom stereocenters. The van der Waals surface area contributed by atoms with Crippen LogP contribution in [0.25, 0.3) is 0 Å². The molecule has 0 spiro atoms. The third kappa shape index (κ3) is 3.22. The molecule has 1 aromatic heterocycles. The number of amides is 1. The number of carbonyl (C=O) groups is 2. The molecule has 1 aromatic carbocycles. The lowest BCUT2D eigenvalue weighted by molar-refractivity contribution is -0.117. The summed E-state index contributed by atoms with van der Waals surface area (Å²) in [6, 6.07) is 6.48. The summed E-state index contributed by atoms with van der Waals surface area (Å²) in [5, 5.41) is 14.0. The molecule has 25 heavy (non-hydrogen) atoms. The second-order valence-electron chi connectivity index (χ2n) is 6.30. The van der Waals surface area contributed by atoms with Crippen LogP contribution < -0.4 is 9.64 Å². The van der Waals surface area contributed by atoms with Gasteiger partial charge in [-0.3, -0.25) is 14.5 Å². The first-order valence-electron chi connectivity index (χ1n) is 8.28. The first-order chi connectivity index (χ1) is 12.0. The van der Waals surface area contributed by atoms with Gasteiger partial charge in [0.15, 0.2) is 6.29 Å². The molecular formula is C18H21N3O4. The smallest absolute Gasteiger partial charge is 0.228 e. The van der Waals surface area contributed by atoms with E-state index < -0.39 is 0 Å². The Morgan fingerprint density at radius 1 is 1.40 bits per heavy atom. The Labute approximate surface area is 145 Å². The van der Waals surface area contributed by atoms with Crippen molar-refractivity contribution in [2.75, 3.05) is 11.5 Å². The van der Waals surface area contributed by atoms with Gasteiger partial charge < -0.3 is 9.84 Å². The van der Waals surface area contributed by atoms with E-state index >= 15 is 0 Å². The van der Waals surface area contributed by atoms with Crippen LogP contribution in [0.15, 0.2) is 30.5 Å². The highest BCUT2D eigenvalue weighted by Gasteiger charge is 2.35. The van der Waals surface area contributed by atoms with Gasteiger partial charge in [-0.2, -0.15) is 5.10 Å². The zero-order valence-corrected chi connectivity index (χ0v) is 14.3. The Balaban J connectivity index is 1.80. The lowest BCUT2D eigenvalue weighted by atomic mass is 10.2. The number of hydrogen-bond acceptors (Lipinski definition) is 5. The van der Waals surface area contributed by atoms with Gasteiger partial charge in [0, 0.05) is 18.5 Å². The predicted octanol–water partition coefficient (Wildman–Crippen LogP) is 2.56. The summed E-state index contributed by atoms with van der Waals surface area (Å²) in [5.74, 6) is 0.969. The standard InChI is InChI=1S/C18H21N3O4/c1-12(2)21-17(8-9-19-21)20-13(6-7-18(20)24)11-25-16-5-3-4-15(23)14(16)10-22/h3-5,8-10,12-13,23H,6-7,11H2,1-2H3. The number of phenols is 1. The molecule has 1 aliphatic heterocycles. The lowest BCUT2D eigenvalue weighted by Gasteiger charge is -2.26. The Hall–Kier alpha value is -2.83. The predicted molar refractivity (Wildman–Crippen MR) is 92.1 cm³/mol. The molecule has 0 saturated carbocycles. The highest BCUT2D eigenvalue weighted by molar-refractivity contribution is 5.95. The number of aromatic nitrogens is 2. The molecule has 2 heterocycles. The van der Waals surface area contributed by atoms with Gasteiger partial charge in [-0.1, -0.05) is 6.07 Å². The number of hydrogen-bond donors (Lipinski definition) is 1. The van der Waals surface area contributed by atoms with Crippen molar-refractivity contribution in [1.82, 2.24) is 9.78 Å². The fourth-order valence-electron chi connectivity index (χ4n) is 3.07. The van der Waals surface area contributed by atoms with E-state index in [4.69, 9.17) is 4.74 Å². The van der Waals surface area contributed by atoms with E-state index in [-0.39, 0.29) is 35.9 Å². The molecule has 1 saturated heterocycles. The molecule has 7 nitrogen and oxygen atoms in total. The first kappa shape index (κ1) is 17.0. The van der Waals surface area contributed by atoms with E-state index in [1.807, 2.05) is 19.9 Å². The van der Waals surface area contributed by atoms with Gasteiger partial charge >= 0.3 is 0 Å². The molecule has 132 valence electrons. The number of rotatable bonds is 6. The van der Waals surface area contributed by atoms with Gasteiger partial charge in [-0.15, -0.1) is 0 Å². The minimum absolute atomic E-state index is 0.0301. The van der Waals surface area contributed by atoms with Gasteiger partial charge in [-0.05, 0) is 32.4 Å². The Kier molecular flexibility index (Phi) is 4.74. The van der Waals surface area contributed by atoms with Crippen LogP contribution in [0.1, 0.15) is 43.1 Å². The molecule has 0 bridgehead atoms. The van der Waals surface area contributed by atoms with Crippen molar-refractivity contribution in [2.45, 2.75) is 38.8 Å². The van der Waals surface area contributed by atoms with E-state index in [0.29, 0.717) is 24.9 Å². The lowest BCUT2D eigenvalue weighted by Crippen LogP contribution is -2.38. The molecule has 1 unspecified atom stereocenters. The quantitative estimate of drug-likeness (QED) is 0.815. The van der Waals surface area contributed by atoms with E-state index in [2.05, 4.69) is 5.10 Å². The van der Waals surface area contributed by atoms with Crippen molar-refractivity contribution < 1.29 is 19.4 Å². The number of carbonyl (C=O) groups excluding carboxylic acids is 2. The molecule has 1 N–H and O–H groups in total. The summed E-state index contributed by atoms with van der Waals surface area (Å²) < 4.78 is 7.56. The number of benzene rings is 1. The third-order valence-corrected chi connectivity index (χ3v) is 4.30. The number of anilines is 1. The van der Waals surface area contributed by atoms with Gasteiger partial charge in [0.05, 0.1) is 17.8 Å². The molecule has 0 radical (unpaired) electrons. The fourth-order valence-corrected chi connectivity index (χ4v) is 3.07. The number of ether oxygens (including phenoxy) is 1. The maximum atomic E-state index is 12.4. The van der Waals surface area contributed by atoms with Crippen LogP contribution in [0.3, 0.4) is 0 Å². The molecule has 2 aromatic rings. The van der Waals surface area contributed by atoms with Gasteiger partial charge in [0.1, 0.15) is 23.9 Å². The van der Waals surface area contributed by atoms with Crippen LogP contribution in [0, 0.1) is 0 Å². The van der Waals surface area contributed by atoms with Crippen molar-refractivity contribution in [3.63, 3.8) is 0 Å². The van der Waals surface area contributed by atoms with Crippen LogP contribution in [-0.2, 0) is 4.79 Å². The maximum absolute atomic E-state index is 12.4. The first-order valence-corrected chi connectivity index (χ1v) is 8.28. The second kappa shape index (κ2) is 6.96. The SMILES string of the molecule is CC(C)n1nccc1N1C(=O)CCC1COc1cccc(O)c1C=O. The van der Waals surface area contributed by atoms with E-state index in [0.717, 1.165) is 5.82 Å². The topological polar surface area (TPSA) is 84.7 Å². The highest BCUT2D eigenvalue weighted by atomic mass is 16.5. The maximum Gasteiger partial charge on any atom is 0.228 e. The Morgan fingerprint density at radius 3 is 2.92 bits per heavy atom. The summed E-state index contributed by atoms with van der Waals surface area (Å²) in [6.45, 7) is 4.25. The van der Waals surface area contributed by atoms with Crippen molar-refractivity contribution in [3.8, 4) is 11.5 Å². The summed E-state index contributed by atoms with van der Waals surface area (Å²) in [6.07, 6.45) is 3.35. The average molecular weight is 343 g/mol. The van der Waals surface area contributed by atoms with Gasteiger partial charge in [-0.25, -0.2) is 4.68 Å². The summed E-state index contributed by atoms with van der Waals surface area (Å²) in [4.78, 5) is 25.2. The number of aromatic hydroxyl groups is 1. The Morgan fingerprint density at radius 2 is 2.20 bits per heavy atom. The summed E-state index contributed by atoms with van der Waals surface area (Å²) >= 11 is 0. The monoisotopic (exact) mass is 343 g/mol. The Bertz CT molecular complexity index is 784.